The number of ether oxygens (including phenoxy) is 3. The van der Waals surface area contributed by atoms with E-state index in [0.717, 1.165) is 0 Å². The van der Waals surface area contributed by atoms with Crippen molar-refractivity contribution < 1.29 is 34.0 Å². The molecule has 1 atom stereocenters. The highest BCUT2D eigenvalue weighted by Crippen LogP contribution is 2.41. The number of phenols is 1. The van der Waals surface area contributed by atoms with Crippen LogP contribution in [0.3, 0.4) is 0 Å². The summed E-state index contributed by atoms with van der Waals surface area (Å²) in [6.45, 7) is 0.688. The highest BCUT2D eigenvalue weighted by atomic mass is 16.5. The van der Waals surface area contributed by atoms with E-state index in [9.17, 15) is 19.8 Å². The van der Waals surface area contributed by atoms with Crippen LogP contribution in [0.4, 0.5) is 0 Å². The molecule has 1 aliphatic rings. The Morgan fingerprint density at radius 2 is 1.68 bits per heavy atom. The fourth-order valence-electron chi connectivity index (χ4n) is 3.63. The molecular weight excluding hydrogens is 402 g/mol. The lowest BCUT2D eigenvalue weighted by molar-refractivity contribution is -0.140. The predicted molar refractivity (Wildman–Crippen MR) is 113 cm³/mol. The van der Waals surface area contributed by atoms with E-state index in [1.807, 2.05) is 0 Å². The van der Waals surface area contributed by atoms with Gasteiger partial charge in [0.05, 0.1) is 25.8 Å². The molecule has 1 aliphatic heterocycles. The molecular formula is C23H25NO7. The van der Waals surface area contributed by atoms with Gasteiger partial charge in [-0.25, -0.2) is 0 Å². The summed E-state index contributed by atoms with van der Waals surface area (Å²) in [6, 6.07) is 10.1. The van der Waals surface area contributed by atoms with E-state index in [0.29, 0.717) is 35.7 Å². The van der Waals surface area contributed by atoms with Crippen molar-refractivity contribution in [3.8, 4) is 17.2 Å². The van der Waals surface area contributed by atoms with Crippen LogP contribution < -0.4 is 9.47 Å². The van der Waals surface area contributed by atoms with Gasteiger partial charge < -0.3 is 29.3 Å². The van der Waals surface area contributed by atoms with E-state index < -0.39 is 17.7 Å². The molecule has 0 radical (unpaired) electrons. The van der Waals surface area contributed by atoms with E-state index in [2.05, 4.69) is 0 Å². The van der Waals surface area contributed by atoms with Crippen molar-refractivity contribution in [2.24, 2.45) is 0 Å². The Labute approximate surface area is 180 Å². The predicted octanol–water partition coefficient (Wildman–Crippen LogP) is 2.87. The standard InChI is InChI=1S/C23H25NO7/c1-29-12-4-11-24-20(14-5-8-16(25)9-6-14)19(22(27)23(24)28)21(26)15-7-10-17(30-2)18(13-15)31-3/h5-10,13,20,25-26H,4,11-12H2,1-3H3/b21-19-. The number of phenolic OH excluding ortho intramolecular Hbond substituents is 1. The van der Waals surface area contributed by atoms with E-state index in [1.54, 1.807) is 37.4 Å². The number of rotatable bonds is 8. The number of aromatic hydroxyl groups is 1. The highest BCUT2D eigenvalue weighted by Gasteiger charge is 2.45. The largest absolute Gasteiger partial charge is 0.508 e. The third-order valence-corrected chi connectivity index (χ3v) is 5.15. The molecule has 0 spiro atoms. The lowest BCUT2D eigenvalue weighted by Gasteiger charge is -2.25. The number of Topliss-reactive ketones (excluding diaryl/α,β-unsaturated/α-hetero) is 1. The SMILES string of the molecule is COCCCN1C(=O)C(=O)/C(=C(\O)c2ccc(OC)c(OC)c2)C1c1ccc(O)cc1. The number of hydrogen-bond acceptors (Lipinski definition) is 7. The summed E-state index contributed by atoms with van der Waals surface area (Å²) in [7, 11) is 4.52. The van der Waals surface area contributed by atoms with Crippen LogP contribution in [0.15, 0.2) is 48.0 Å². The van der Waals surface area contributed by atoms with Crippen LogP contribution in [-0.4, -0.2) is 61.3 Å². The third kappa shape index (κ3) is 4.34. The lowest BCUT2D eigenvalue weighted by atomic mass is 9.95. The number of nitrogens with zero attached hydrogens (tertiary/aromatic N) is 1. The van der Waals surface area contributed by atoms with Crippen molar-refractivity contribution in [1.82, 2.24) is 4.90 Å². The summed E-state index contributed by atoms with van der Waals surface area (Å²) < 4.78 is 15.6. The molecule has 1 heterocycles. The zero-order chi connectivity index (χ0) is 22.5. The van der Waals surface area contributed by atoms with Crippen molar-refractivity contribution in [2.75, 3.05) is 34.5 Å². The topological polar surface area (TPSA) is 106 Å². The van der Waals surface area contributed by atoms with Crippen LogP contribution in [0.1, 0.15) is 23.6 Å². The Hall–Kier alpha value is -3.52. The molecule has 3 rings (SSSR count). The molecule has 0 saturated carbocycles. The molecule has 2 aromatic rings. The number of aliphatic hydroxyl groups excluding tert-OH is 1. The number of carbonyl (C=O) groups excluding carboxylic acids is 2. The Morgan fingerprint density at radius 1 is 1.00 bits per heavy atom. The number of amides is 1. The van der Waals surface area contributed by atoms with E-state index in [4.69, 9.17) is 14.2 Å². The van der Waals surface area contributed by atoms with Gasteiger partial charge in [0.15, 0.2) is 11.5 Å². The van der Waals surface area contributed by atoms with Crippen molar-refractivity contribution in [3.05, 3.63) is 59.2 Å². The summed E-state index contributed by atoms with van der Waals surface area (Å²) in [5, 5.41) is 20.7. The summed E-state index contributed by atoms with van der Waals surface area (Å²) >= 11 is 0. The maximum atomic E-state index is 12.9. The molecule has 1 amide bonds. The number of methoxy groups -OCH3 is 3. The molecule has 1 fully saturated rings. The van der Waals surface area contributed by atoms with Gasteiger partial charge in [-0.15, -0.1) is 0 Å². The molecule has 0 aromatic heterocycles. The van der Waals surface area contributed by atoms with Crippen LogP contribution in [-0.2, 0) is 14.3 Å². The minimum Gasteiger partial charge on any atom is -0.508 e. The minimum atomic E-state index is -0.800. The number of likely N-dealkylation sites (tertiary alicyclic amines) is 1. The molecule has 31 heavy (non-hydrogen) atoms. The Balaban J connectivity index is 2.13. The number of hydrogen-bond donors (Lipinski definition) is 2. The zero-order valence-corrected chi connectivity index (χ0v) is 17.6. The van der Waals surface area contributed by atoms with E-state index >= 15 is 0 Å². The van der Waals surface area contributed by atoms with Crippen LogP contribution >= 0.6 is 0 Å². The first kappa shape index (κ1) is 22.2. The fourth-order valence-corrected chi connectivity index (χ4v) is 3.63. The van der Waals surface area contributed by atoms with Crippen molar-refractivity contribution in [2.45, 2.75) is 12.5 Å². The number of aliphatic hydroxyl groups is 1. The fraction of sp³-hybridized carbons (Fsp3) is 0.304. The van der Waals surface area contributed by atoms with Gasteiger partial charge in [0, 0.05) is 25.8 Å². The average Bonchev–Trinajstić information content (AvgIpc) is 3.03. The van der Waals surface area contributed by atoms with Gasteiger partial charge in [0.25, 0.3) is 11.7 Å². The van der Waals surface area contributed by atoms with Crippen molar-refractivity contribution in [3.63, 3.8) is 0 Å². The molecule has 0 aliphatic carbocycles. The van der Waals surface area contributed by atoms with Crippen molar-refractivity contribution >= 4 is 17.4 Å². The minimum absolute atomic E-state index is 0.0275. The molecule has 1 unspecified atom stereocenters. The normalized spacial score (nSPS) is 17.8. The maximum absolute atomic E-state index is 12.9. The van der Waals surface area contributed by atoms with Crippen molar-refractivity contribution in [1.29, 1.82) is 0 Å². The summed E-state index contributed by atoms with van der Waals surface area (Å²) in [5.41, 5.74) is 0.882. The van der Waals surface area contributed by atoms with Crippen LogP contribution in [0.25, 0.3) is 5.76 Å². The second kappa shape index (κ2) is 9.53. The first-order valence-electron chi connectivity index (χ1n) is 9.71. The van der Waals surface area contributed by atoms with Crippen LogP contribution in [0.5, 0.6) is 17.2 Å². The summed E-state index contributed by atoms with van der Waals surface area (Å²) in [4.78, 5) is 27.2. The molecule has 0 bridgehead atoms. The summed E-state index contributed by atoms with van der Waals surface area (Å²) in [6.07, 6.45) is 0.522. The third-order valence-electron chi connectivity index (χ3n) is 5.15. The average molecular weight is 427 g/mol. The molecule has 8 heteroatoms. The number of carbonyl (C=O) groups is 2. The second-order valence-electron chi connectivity index (χ2n) is 7.00. The van der Waals surface area contributed by atoms with Gasteiger partial charge in [-0.2, -0.15) is 0 Å². The van der Waals surface area contributed by atoms with E-state index in [1.165, 1.54) is 31.3 Å². The number of benzene rings is 2. The molecule has 164 valence electrons. The van der Waals surface area contributed by atoms with Gasteiger partial charge >= 0.3 is 0 Å². The maximum Gasteiger partial charge on any atom is 0.295 e. The van der Waals surface area contributed by atoms with Gasteiger partial charge in [-0.3, -0.25) is 9.59 Å². The van der Waals surface area contributed by atoms with E-state index in [-0.39, 0.29) is 23.6 Å². The second-order valence-corrected chi connectivity index (χ2v) is 7.00. The lowest BCUT2D eigenvalue weighted by Crippen LogP contribution is -2.31. The zero-order valence-electron chi connectivity index (χ0n) is 17.6. The first-order valence-corrected chi connectivity index (χ1v) is 9.71. The first-order chi connectivity index (χ1) is 14.9. The Kier molecular flexibility index (Phi) is 6.81. The molecule has 1 saturated heterocycles. The molecule has 8 nitrogen and oxygen atoms in total. The van der Waals surface area contributed by atoms with Gasteiger partial charge in [-0.05, 0) is 42.3 Å². The van der Waals surface area contributed by atoms with Gasteiger partial charge in [0.1, 0.15) is 11.5 Å². The molecule has 2 N–H and O–H groups in total. The van der Waals surface area contributed by atoms with Crippen LogP contribution in [0, 0.1) is 0 Å². The quantitative estimate of drug-likeness (QED) is 0.289. The van der Waals surface area contributed by atoms with Gasteiger partial charge in [0.2, 0.25) is 0 Å². The smallest absolute Gasteiger partial charge is 0.295 e. The summed E-state index contributed by atoms with van der Waals surface area (Å²) in [5.74, 6) is -0.887. The monoisotopic (exact) mass is 427 g/mol. The van der Waals surface area contributed by atoms with Crippen LogP contribution in [0.2, 0.25) is 0 Å². The Bertz CT molecular complexity index is 997. The Morgan fingerprint density at radius 3 is 2.29 bits per heavy atom. The number of ketones is 1. The van der Waals surface area contributed by atoms with Gasteiger partial charge in [-0.1, -0.05) is 12.1 Å². The highest BCUT2D eigenvalue weighted by molar-refractivity contribution is 6.46. The molecule has 2 aromatic carbocycles.